The quantitative estimate of drug-likeness (QED) is 0.690. The Bertz CT molecular complexity index is 173. The number of hydrogen-bond donors (Lipinski definition) is 1. The van der Waals surface area contributed by atoms with Crippen LogP contribution < -0.4 is 5.32 Å². The molecule has 3 nitrogen and oxygen atoms in total. The highest BCUT2D eigenvalue weighted by atomic mass is 16.5. The van der Waals surface area contributed by atoms with E-state index in [1.165, 1.54) is 0 Å². The molecule has 0 aromatic heterocycles. The molecule has 1 atom stereocenters. The molecule has 0 saturated heterocycles. The number of carbonyl (C=O) groups excluding carboxylic acids is 1. The van der Waals surface area contributed by atoms with Crippen LogP contribution in [0.3, 0.4) is 0 Å². The highest BCUT2D eigenvalue weighted by Crippen LogP contribution is 2.24. The zero-order chi connectivity index (χ0) is 11.2. The molecule has 0 aliphatic carbocycles. The van der Waals surface area contributed by atoms with Gasteiger partial charge in [-0.1, -0.05) is 27.7 Å². The van der Waals surface area contributed by atoms with E-state index in [2.05, 4.69) is 33.0 Å². The molecular weight excluding hydrogens is 178 g/mol. The number of carbonyl (C=O) groups is 1. The van der Waals surface area contributed by atoms with E-state index in [1.54, 1.807) is 0 Å². The maximum atomic E-state index is 11.0. The van der Waals surface area contributed by atoms with Gasteiger partial charge >= 0.3 is 5.97 Å². The molecule has 0 rings (SSSR count). The summed E-state index contributed by atoms with van der Waals surface area (Å²) in [6.07, 6.45) is 0. The van der Waals surface area contributed by atoms with E-state index < -0.39 is 0 Å². The van der Waals surface area contributed by atoms with Crippen LogP contribution >= 0.6 is 0 Å². The van der Waals surface area contributed by atoms with Gasteiger partial charge in [0.2, 0.25) is 0 Å². The molecule has 1 N–H and O–H groups in total. The van der Waals surface area contributed by atoms with Gasteiger partial charge in [0.05, 0.1) is 13.2 Å². The summed E-state index contributed by atoms with van der Waals surface area (Å²) in [7, 11) is 0. The average Bonchev–Trinajstić information content (AvgIpc) is 2.02. The molecule has 0 radical (unpaired) electrons. The Morgan fingerprint density at radius 2 is 2.00 bits per heavy atom. The minimum Gasteiger partial charge on any atom is -0.465 e. The normalized spacial score (nSPS) is 13.8. The summed E-state index contributed by atoms with van der Waals surface area (Å²) in [5, 5.41) is 3.10. The molecule has 1 unspecified atom stereocenters. The van der Waals surface area contributed by atoms with Crippen LogP contribution in [0.1, 0.15) is 34.6 Å². The fourth-order valence-electron chi connectivity index (χ4n) is 0.909. The van der Waals surface area contributed by atoms with Crippen molar-refractivity contribution >= 4 is 5.97 Å². The van der Waals surface area contributed by atoms with E-state index in [9.17, 15) is 4.79 Å². The van der Waals surface area contributed by atoms with E-state index in [0.29, 0.717) is 19.1 Å². The van der Waals surface area contributed by atoms with Gasteiger partial charge in [-0.3, -0.25) is 4.79 Å². The van der Waals surface area contributed by atoms with E-state index in [-0.39, 0.29) is 11.4 Å². The zero-order valence-corrected chi connectivity index (χ0v) is 10.0. The topological polar surface area (TPSA) is 38.3 Å². The van der Waals surface area contributed by atoms with Crippen molar-refractivity contribution < 1.29 is 9.53 Å². The molecule has 0 aliphatic heterocycles. The highest BCUT2D eigenvalue weighted by Gasteiger charge is 2.19. The van der Waals surface area contributed by atoms with Crippen LogP contribution in [0.25, 0.3) is 0 Å². The molecule has 0 aromatic carbocycles. The summed E-state index contributed by atoms with van der Waals surface area (Å²) in [5.41, 5.74) is 0.279. The van der Waals surface area contributed by atoms with E-state index >= 15 is 0 Å². The number of hydrogen-bond acceptors (Lipinski definition) is 3. The van der Waals surface area contributed by atoms with Gasteiger partial charge in [0, 0.05) is 0 Å². The van der Waals surface area contributed by atoms with Crippen molar-refractivity contribution in [3.63, 3.8) is 0 Å². The first kappa shape index (κ1) is 13.4. The Balaban J connectivity index is 3.59. The fourth-order valence-corrected chi connectivity index (χ4v) is 0.909. The van der Waals surface area contributed by atoms with Crippen molar-refractivity contribution in [2.45, 2.75) is 34.6 Å². The third-order valence-corrected chi connectivity index (χ3v) is 2.50. The van der Waals surface area contributed by atoms with Crippen LogP contribution in [0.5, 0.6) is 0 Å². The summed E-state index contributed by atoms with van der Waals surface area (Å²) < 4.78 is 4.81. The lowest BCUT2D eigenvalue weighted by Crippen LogP contribution is -2.33. The lowest BCUT2D eigenvalue weighted by molar-refractivity contribution is -0.142. The number of nitrogens with one attached hydrogen (secondary N) is 1. The van der Waals surface area contributed by atoms with E-state index in [1.807, 2.05) is 6.92 Å². The molecular formula is C11H23NO2. The van der Waals surface area contributed by atoms with E-state index in [0.717, 1.165) is 6.54 Å². The smallest absolute Gasteiger partial charge is 0.319 e. The predicted molar refractivity (Wildman–Crippen MR) is 58.1 cm³/mol. The Morgan fingerprint density at radius 3 is 2.43 bits per heavy atom. The van der Waals surface area contributed by atoms with Crippen molar-refractivity contribution in [1.29, 1.82) is 0 Å². The van der Waals surface area contributed by atoms with Gasteiger partial charge in [-0.15, -0.1) is 0 Å². The van der Waals surface area contributed by atoms with Gasteiger partial charge in [-0.05, 0) is 24.8 Å². The molecule has 84 valence electrons. The van der Waals surface area contributed by atoms with Crippen molar-refractivity contribution in [2.24, 2.45) is 11.3 Å². The van der Waals surface area contributed by atoms with Crippen molar-refractivity contribution in [3.8, 4) is 0 Å². The first-order valence-electron chi connectivity index (χ1n) is 5.24. The molecule has 0 aromatic rings. The largest absolute Gasteiger partial charge is 0.465 e. The Labute approximate surface area is 87.2 Å². The Morgan fingerprint density at radius 1 is 1.43 bits per heavy atom. The predicted octanol–water partition coefficient (Wildman–Crippen LogP) is 1.82. The van der Waals surface area contributed by atoms with Crippen LogP contribution in [0.2, 0.25) is 0 Å². The first-order chi connectivity index (χ1) is 6.38. The van der Waals surface area contributed by atoms with E-state index in [4.69, 9.17) is 4.74 Å². The standard InChI is InChI=1S/C11H23NO2/c1-6-14-10(13)8-12-7-9(2)11(3,4)5/h9,12H,6-8H2,1-5H3. The van der Waals surface area contributed by atoms with Gasteiger partial charge in [-0.25, -0.2) is 0 Å². The molecule has 0 spiro atoms. The monoisotopic (exact) mass is 201 g/mol. The van der Waals surface area contributed by atoms with Gasteiger partial charge < -0.3 is 10.1 Å². The Kier molecular flexibility index (Phi) is 5.77. The van der Waals surface area contributed by atoms with Crippen LogP contribution in [0.15, 0.2) is 0 Å². The summed E-state index contributed by atoms with van der Waals surface area (Å²) in [6.45, 7) is 12.2. The first-order valence-corrected chi connectivity index (χ1v) is 5.24. The molecule has 0 saturated carbocycles. The molecule has 0 fully saturated rings. The summed E-state index contributed by atoms with van der Waals surface area (Å²) in [6, 6.07) is 0. The van der Waals surface area contributed by atoms with Crippen LogP contribution in [0, 0.1) is 11.3 Å². The van der Waals surface area contributed by atoms with Crippen molar-refractivity contribution in [2.75, 3.05) is 19.7 Å². The number of esters is 1. The lowest BCUT2D eigenvalue weighted by Gasteiger charge is -2.27. The minimum atomic E-state index is -0.173. The van der Waals surface area contributed by atoms with Gasteiger partial charge in [0.25, 0.3) is 0 Å². The van der Waals surface area contributed by atoms with Gasteiger partial charge in [0.1, 0.15) is 0 Å². The van der Waals surface area contributed by atoms with Crippen LogP contribution in [-0.2, 0) is 9.53 Å². The second kappa shape index (κ2) is 6.02. The molecule has 0 heterocycles. The van der Waals surface area contributed by atoms with Crippen molar-refractivity contribution in [1.82, 2.24) is 5.32 Å². The highest BCUT2D eigenvalue weighted by molar-refractivity contribution is 5.71. The average molecular weight is 201 g/mol. The zero-order valence-electron chi connectivity index (χ0n) is 10.0. The second-order valence-corrected chi connectivity index (χ2v) is 4.70. The van der Waals surface area contributed by atoms with Crippen molar-refractivity contribution in [3.05, 3.63) is 0 Å². The third kappa shape index (κ3) is 5.97. The fraction of sp³-hybridized carbons (Fsp3) is 0.909. The minimum absolute atomic E-state index is 0.173. The number of ether oxygens (including phenoxy) is 1. The molecule has 3 heteroatoms. The third-order valence-electron chi connectivity index (χ3n) is 2.50. The number of rotatable bonds is 5. The molecule has 0 bridgehead atoms. The van der Waals surface area contributed by atoms with Gasteiger partial charge in [0.15, 0.2) is 0 Å². The van der Waals surface area contributed by atoms with Crippen LogP contribution in [-0.4, -0.2) is 25.7 Å². The Hall–Kier alpha value is -0.570. The SMILES string of the molecule is CCOC(=O)CNCC(C)C(C)(C)C. The summed E-state index contributed by atoms with van der Waals surface area (Å²) in [5.74, 6) is 0.366. The molecule has 0 aliphatic rings. The van der Waals surface area contributed by atoms with Gasteiger partial charge in [-0.2, -0.15) is 0 Å². The maximum absolute atomic E-state index is 11.0. The molecule has 14 heavy (non-hydrogen) atoms. The molecule has 0 amide bonds. The second-order valence-electron chi connectivity index (χ2n) is 4.70. The van der Waals surface area contributed by atoms with Crippen LogP contribution in [0.4, 0.5) is 0 Å². The summed E-state index contributed by atoms with van der Waals surface area (Å²) >= 11 is 0. The maximum Gasteiger partial charge on any atom is 0.319 e. The summed E-state index contributed by atoms with van der Waals surface area (Å²) in [4.78, 5) is 11.0. The lowest BCUT2D eigenvalue weighted by atomic mass is 9.82.